The number of hydrogen-bond acceptors (Lipinski definition) is 0. The van der Waals surface area contributed by atoms with E-state index in [9.17, 15) is 0 Å². The van der Waals surface area contributed by atoms with Gasteiger partial charge in [-0.1, -0.05) is 71.1 Å². The van der Waals surface area contributed by atoms with Crippen molar-refractivity contribution in [3.05, 3.63) is 0 Å². The molecule has 0 radical (unpaired) electrons. The van der Waals surface area contributed by atoms with Crippen LogP contribution in [-0.4, -0.2) is 8.07 Å². The van der Waals surface area contributed by atoms with E-state index in [4.69, 9.17) is 0 Å². The zero-order valence-electron chi connectivity index (χ0n) is 9.78. The van der Waals surface area contributed by atoms with E-state index >= 15 is 0 Å². The van der Waals surface area contributed by atoms with Crippen molar-refractivity contribution in [2.45, 2.75) is 71.1 Å². The SMILES string of the molecule is CCCC[Si](C)(C(C)C)C(C)C. The smallest absolute Gasteiger partial charge is 0.0556 e. The quantitative estimate of drug-likeness (QED) is 0.547. The van der Waals surface area contributed by atoms with E-state index < -0.39 is 8.07 Å². The second-order valence-electron chi connectivity index (χ2n) is 4.92. The van der Waals surface area contributed by atoms with Crippen molar-refractivity contribution in [1.82, 2.24) is 0 Å². The summed E-state index contributed by atoms with van der Waals surface area (Å²) in [6, 6.07) is 1.53. The third-order valence-corrected chi connectivity index (χ3v) is 10.4. The molecule has 0 aromatic rings. The van der Waals surface area contributed by atoms with E-state index in [1.54, 1.807) is 0 Å². The summed E-state index contributed by atoms with van der Waals surface area (Å²) >= 11 is 0. The second-order valence-corrected chi connectivity index (χ2v) is 10.7. The van der Waals surface area contributed by atoms with E-state index in [0.29, 0.717) is 0 Å². The first-order valence-corrected chi connectivity index (χ1v) is 8.31. The van der Waals surface area contributed by atoms with Gasteiger partial charge in [-0.15, -0.1) is 0 Å². The highest BCUT2D eigenvalue weighted by molar-refractivity contribution is 6.81. The first-order valence-electron chi connectivity index (χ1n) is 5.45. The topological polar surface area (TPSA) is 0 Å². The molecule has 0 aromatic carbocycles. The van der Waals surface area contributed by atoms with E-state index in [0.717, 1.165) is 11.1 Å². The maximum Gasteiger partial charge on any atom is 0.0556 e. The molecule has 0 amide bonds. The average molecular weight is 186 g/mol. The predicted molar refractivity (Wildman–Crippen MR) is 61.5 cm³/mol. The highest BCUT2D eigenvalue weighted by atomic mass is 28.3. The first kappa shape index (κ1) is 12.2. The van der Waals surface area contributed by atoms with Gasteiger partial charge in [0.1, 0.15) is 0 Å². The lowest BCUT2D eigenvalue weighted by Gasteiger charge is -2.35. The average Bonchev–Trinajstić information content (AvgIpc) is 1.99. The van der Waals surface area contributed by atoms with Crippen LogP contribution in [-0.2, 0) is 0 Å². The summed E-state index contributed by atoms with van der Waals surface area (Å²) in [4.78, 5) is 0. The fourth-order valence-corrected chi connectivity index (χ4v) is 5.41. The van der Waals surface area contributed by atoms with Gasteiger partial charge in [-0.2, -0.15) is 0 Å². The molecular formula is C11H26Si. The molecule has 0 saturated carbocycles. The summed E-state index contributed by atoms with van der Waals surface area (Å²) in [5.41, 5.74) is 1.90. The Morgan fingerprint density at radius 2 is 1.42 bits per heavy atom. The van der Waals surface area contributed by atoms with Crippen LogP contribution in [0.5, 0.6) is 0 Å². The minimum atomic E-state index is -0.925. The molecule has 0 saturated heterocycles. The third-order valence-electron chi connectivity index (χ3n) is 3.71. The van der Waals surface area contributed by atoms with Crippen LogP contribution >= 0.6 is 0 Å². The number of rotatable bonds is 5. The molecule has 0 aliphatic rings. The van der Waals surface area contributed by atoms with Gasteiger partial charge >= 0.3 is 0 Å². The van der Waals surface area contributed by atoms with Crippen molar-refractivity contribution in [2.24, 2.45) is 0 Å². The molecule has 1 heteroatoms. The number of hydrogen-bond donors (Lipinski definition) is 0. The summed E-state index contributed by atoms with van der Waals surface area (Å²) in [5, 5.41) is 0. The van der Waals surface area contributed by atoms with Gasteiger partial charge in [0.2, 0.25) is 0 Å². The zero-order valence-corrected chi connectivity index (χ0v) is 10.8. The molecule has 0 unspecified atom stereocenters. The van der Waals surface area contributed by atoms with Crippen LogP contribution < -0.4 is 0 Å². The van der Waals surface area contributed by atoms with Crippen LogP contribution in [0.15, 0.2) is 0 Å². The summed E-state index contributed by atoms with van der Waals surface area (Å²) in [7, 11) is -0.925. The zero-order chi connectivity index (χ0) is 9.78. The molecule has 0 fully saturated rings. The minimum Gasteiger partial charge on any atom is -0.0688 e. The molecule has 0 heterocycles. The van der Waals surface area contributed by atoms with E-state index in [-0.39, 0.29) is 0 Å². The Morgan fingerprint density at radius 3 is 1.67 bits per heavy atom. The van der Waals surface area contributed by atoms with Gasteiger partial charge in [-0.05, 0) is 0 Å². The van der Waals surface area contributed by atoms with Gasteiger partial charge < -0.3 is 0 Å². The summed E-state index contributed by atoms with van der Waals surface area (Å²) < 4.78 is 0. The molecular weight excluding hydrogens is 160 g/mol. The van der Waals surface area contributed by atoms with E-state index in [1.807, 2.05) is 0 Å². The van der Waals surface area contributed by atoms with Crippen molar-refractivity contribution < 1.29 is 0 Å². The highest BCUT2D eigenvalue weighted by Gasteiger charge is 2.33. The predicted octanol–water partition coefficient (Wildman–Crippen LogP) is 4.69. The molecule has 0 nitrogen and oxygen atoms in total. The van der Waals surface area contributed by atoms with E-state index in [1.165, 1.54) is 18.9 Å². The largest absolute Gasteiger partial charge is 0.0688 e. The van der Waals surface area contributed by atoms with Crippen LogP contribution in [0, 0.1) is 0 Å². The van der Waals surface area contributed by atoms with Crippen molar-refractivity contribution in [3.8, 4) is 0 Å². The fourth-order valence-electron chi connectivity index (χ4n) is 1.80. The lowest BCUT2D eigenvalue weighted by atomic mass is 10.4. The Morgan fingerprint density at radius 1 is 1.00 bits per heavy atom. The molecule has 12 heavy (non-hydrogen) atoms. The summed E-state index contributed by atoms with van der Waals surface area (Å²) in [6.45, 7) is 14.6. The van der Waals surface area contributed by atoms with Gasteiger partial charge in [-0.3, -0.25) is 0 Å². The monoisotopic (exact) mass is 186 g/mol. The molecule has 0 spiro atoms. The van der Waals surface area contributed by atoms with Crippen molar-refractivity contribution in [1.29, 1.82) is 0 Å². The Bertz CT molecular complexity index is 108. The molecule has 0 aliphatic carbocycles. The fraction of sp³-hybridized carbons (Fsp3) is 1.00. The number of unbranched alkanes of at least 4 members (excludes halogenated alkanes) is 1. The van der Waals surface area contributed by atoms with Crippen molar-refractivity contribution in [3.63, 3.8) is 0 Å². The van der Waals surface area contributed by atoms with Crippen LogP contribution in [0.1, 0.15) is 47.5 Å². The lowest BCUT2D eigenvalue weighted by Crippen LogP contribution is -2.37. The van der Waals surface area contributed by atoms with Gasteiger partial charge in [0, 0.05) is 0 Å². The standard InChI is InChI=1S/C11H26Si/c1-7-8-9-12(6,10(2)3)11(4)5/h10-11H,7-9H2,1-6H3. The van der Waals surface area contributed by atoms with Gasteiger partial charge in [-0.25, -0.2) is 0 Å². The molecule has 0 bridgehead atoms. The van der Waals surface area contributed by atoms with E-state index in [2.05, 4.69) is 41.2 Å². The Kier molecular flexibility index (Phi) is 5.15. The van der Waals surface area contributed by atoms with Gasteiger partial charge in [0.05, 0.1) is 8.07 Å². The summed E-state index contributed by atoms with van der Waals surface area (Å²) in [5.74, 6) is 0. The lowest BCUT2D eigenvalue weighted by molar-refractivity contribution is 0.807. The molecule has 0 aromatic heterocycles. The van der Waals surface area contributed by atoms with Crippen LogP contribution in [0.4, 0.5) is 0 Å². The van der Waals surface area contributed by atoms with Gasteiger partial charge in [0.15, 0.2) is 0 Å². The maximum absolute atomic E-state index is 2.58. The van der Waals surface area contributed by atoms with Crippen LogP contribution in [0.2, 0.25) is 23.7 Å². The normalized spacial score (nSPS) is 13.0. The molecule has 0 N–H and O–H groups in total. The van der Waals surface area contributed by atoms with Crippen LogP contribution in [0.25, 0.3) is 0 Å². The second kappa shape index (κ2) is 5.06. The first-order chi connectivity index (χ1) is 5.45. The third kappa shape index (κ3) is 2.93. The summed E-state index contributed by atoms with van der Waals surface area (Å²) in [6.07, 6.45) is 2.81. The minimum absolute atomic E-state index is 0.925. The molecule has 0 aliphatic heterocycles. The van der Waals surface area contributed by atoms with Gasteiger partial charge in [0.25, 0.3) is 0 Å². The van der Waals surface area contributed by atoms with Crippen molar-refractivity contribution in [2.75, 3.05) is 0 Å². The Balaban J connectivity index is 4.19. The Labute approximate surface area is 79.8 Å². The maximum atomic E-state index is 2.58. The molecule has 0 rings (SSSR count). The van der Waals surface area contributed by atoms with Crippen molar-refractivity contribution >= 4 is 8.07 Å². The highest BCUT2D eigenvalue weighted by Crippen LogP contribution is 2.36. The molecule has 74 valence electrons. The van der Waals surface area contributed by atoms with Crippen LogP contribution in [0.3, 0.4) is 0 Å². The Hall–Kier alpha value is 0.217. The molecule has 0 atom stereocenters.